The van der Waals surface area contributed by atoms with Crippen molar-refractivity contribution in [3.05, 3.63) is 95.5 Å². The number of rotatable bonds is 4. The maximum Gasteiger partial charge on any atom is 0.146 e. The van der Waals surface area contributed by atoms with Gasteiger partial charge in [0.05, 0.1) is 12.4 Å². The second-order valence-electron chi connectivity index (χ2n) is 7.75. The lowest BCUT2D eigenvalue weighted by Crippen LogP contribution is -1.89. The fourth-order valence-corrected chi connectivity index (χ4v) is 4.23. The van der Waals surface area contributed by atoms with Crippen LogP contribution in [0.1, 0.15) is 0 Å². The Morgan fingerprint density at radius 1 is 0.576 bits per heavy atom. The van der Waals surface area contributed by atoms with Crippen molar-refractivity contribution >= 4 is 45.0 Å². The third kappa shape index (κ3) is 3.93. The number of halogens is 2. The molecule has 6 aromatic rings. The Balaban J connectivity index is 1.30. The van der Waals surface area contributed by atoms with Crippen molar-refractivity contribution in [1.82, 2.24) is 19.9 Å². The number of benzene rings is 2. The number of nitrogens with one attached hydrogen (secondary N) is 2. The summed E-state index contributed by atoms with van der Waals surface area (Å²) in [6.45, 7) is 0. The number of aromatic amines is 2. The highest BCUT2D eigenvalue weighted by atomic mass is 35.5. The van der Waals surface area contributed by atoms with Crippen molar-refractivity contribution in [3.8, 4) is 34.0 Å². The van der Waals surface area contributed by atoms with Crippen LogP contribution >= 0.6 is 23.2 Å². The molecule has 5 nitrogen and oxygen atoms in total. The molecule has 2 aromatic carbocycles. The molecule has 33 heavy (non-hydrogen) atoms. The van der Waals surface area contributed by atoms with Gasteiger partial charge < -0.3 is 14.7 Å². The van der Waals surface area contributed by atoms with Gasteiger partial charge in [-0.3, -0.25) is 9.97 Å². The van der Waals surface area contributed by atoms with Crippen LogP contribution in [0.4, 0.5) is 0 Å². The number of hydrogen-bond donors (Lipinski definition) is 2. The Kier molecular flexibility index (Phi) is 4.79. The normalized spacial score (nSPS) is 11.3. The lowest BCUT2D eigenvalue weighted by molar-refractivity contribution is 0.478. The van der Waals surface area contributed by atoms with Gasteiger partial charge in [0, 0.05) is 66.8 Å². The molecule has 0 saturated heterocycles. The predicted molar refractivity (Wildman–Crippen MR) is 133 cm³/mol. The van der Waals surface area contributed by atoms with E-state index in [1.54, 1.807) is 24.8 Å². The average molecular weight is 471 g/mol. The van der Waals surface area contributed by atoms with Crippen LogP contribution in [-0.2, 0) is 0 Å². The van der Waals surface area contributed by atoms with E-state index in [0.29, 0.717) is 21.5 Å². The van der Waals surface area contributed by atoms with Crippen LogP contribution in [0.15, 0.2) is 85.5 Å². The second kappa shape index (κ2) is 7.96. The molecule has 0 amide bonds. The molecule has 2 N–H and O–H groups in total. The van der Waals surface area contributed by atoms with Gasteiger partial charge in [0.25, 0.3) is 0 Å². The van der Waals surface area contributed by atoms with Crippen molar-refractivity contribution in [3.63, 3.8) is 0 Å². The zero-order chi connectivity index (χ0) is 22.4. The third-order valence-electron chi connectivity index (χ3n) is 5.45. The summed E-state index contributed by atoms with van der Waals surface area (Å²) in [5.41, 5.74) is 5.65. The maximum atomic E-state index is 6.11. The number of hydrogen-bond acceptors (Lipinski definition) is 3. The van der Waals surface area contributed by atoms with Crippen LogP contribution in [0, 0.1) is 0 Å². The van der Waals surface area contributed by atoms with E-state index in [-0.39, 0.29) is 0 Å². The topological polar surface area (TPSA) is 66.6 Å². The Bertz CT molecular complexity index is 1520. The molecule has 0 unspecified atom stereocenters. The van der Waals surface area contributed by atoms with Crippen LogP contribution in [0.25, 0.3) is 44.3 Å². The summed E-state index contributed by atoms with van der Waals surface area (Å²) in [4.78, 5) is 15.5. The molecular weight excluding hydrogens is 455 g/mol. The molecule has 0 atom stereocenters. The molecule has 0 spiro atoms. The van der Waals surface area contributed by atoms with Gasteiger partial charge >= 0.3 is 0 Å². The van der Waals surface area contributed by atoms with Gasteiger partial charge in [0.2, 0.25) is 0 Å². The number of fused-ring (bicyclic) bond motifs is 2. The molecule has 0 aliphatic carbocycles. The first-order chi connectivity index (χ1) is 16.1. The summed E-state index contributed by atoms with van der Waals surface area (Å²) in [5, 5.41) is 3.54. The Labute approximate surface area is 199 Å². The molecule has 0 bridgehead atoms. The third-order valence-corrected chi connectivity index (χ3v) is 5.92. The average Bonchev–Trinajstić information content (AvgIpc) is 3.43. The molecule has 160 valence electrons. The zero-order valence-electron chi connectivity index (χ0n) is 17.1. The largest absolute Gasteiger partial charge is 0.454 e. The molecule has 0 radical (unpaired) electrons. The van der Waals surface area contributed by atoms with Crippen molar-refractivity contribution in [1.29, 1.82) is 0 Å². The van der Waals surface area contributed by atoms with Crippen LogP contribution in [-0.4, -0.2) is 19.9 Å². The Morgan fingerprint density at radius 2 is 1.06 bits per heavy atom. The number of ether oxygens (including phenoxy) is 1. The lowest BCUT2D eigenvalue weighted by atomic mass is 10.2. The van der Waals surface area contributed by atoms with E-state index >= 15 is 0 Å². The minimum absolute atomic E-state index is 0.617. The van der Waals surface area contributed by atoms with Gasteiger partial charge in [-0.25, -0.2) is 0 Å². The van der Waals surface area contributed by atoms with Crippen molar-refractivity contribution in [2.45, 2.75) is 0 Å². The monoisotopic (exact) mass is 470 g/mol. The molecule has 6 rings (SSSR count). The van der Waals surface area contributed by atoms with Crippen molar-refractivity contribution < 1.29 is 4.74 Å². The lowest BCUT2D eigenvalue weighted by Gasteiger charge is -2.07. The SMILES string of the molecule is Clc1ccc2cc(-c3cncc(Oc4cncc(-c5cc6ccc(Cl)cc6[nH]5)c4)c3)[nH]c2c1. The number of H-pyrrole nitrogens is 2. The smallest absolute Gasteiger partial charge is 0.146 e. The number of aromatic nitrogens is 4. The minimum Gasteiger partial charge on any atom is -0.454 e. The summed E-state index contributed by atoms with van der Waals surface area (Å²) in [5.74, 6) is 1.23. The molecule has 0 aliphatic heterocycles. The Morgan fingerprint density at radius 3 is 1.55 bits per heavy atom. The van der Waals surface area contributed by atoms with Gasteiger partial charge in [-0.05, 0) is 48.5 Å². The Hall–Kier alpha value is -3.80. The van der Waals surface area contributed by atoms with Crippen molar-refractivity contribution in [2.75, 3.05) is 0 Å². The van der Waals surface area contributed by atoms with Crippen LogP contribution in [0.2, 0.25) is 10.0 Å². The van der Waals surface area contributed by atoms with Crippen LogP contribution in [0.3, 0.4) is 0 Å². The molecule has 4 aromatic heterocycles. The fraction of sp³-hybridized carbons (Fsp3) is 0. The molecule has 0 fully saturated rings. The van der Waals surface area contributed by atoms with Crippen LogP contribution < -0.4 is 4.74 Å². The van der Waals surface area contributed by atoms with Crippen LogP contribution in [0.5, 0.6) is 11.5 Å². The highest BCUT2D eigenvalue weighted by Gasteiger charge is 2.09. The number of nitrogens with zero attached hydrogens (tertiary/aromatic N) is 2. The first-order valence-electron chi connectivity index (χ1n) is 10.3. The first-order valence-corrected chi connectivity index (χ1v) is 11.0. The first kappa shape index (κ1) is 19.9. The van der Waals surface area contributed by atoms with Gasteiger partial charge in [-0.15, -0.1) is 0 Å². The molecule has 0 saturated carbocycles. The summed E-state index contributed by atoms with van der Waals surface area (Å²) in [7, 11) is 0. The van der Waals surface area contributed by atoms with Gasteiger partial charge in [0.15, 0.2) is 0 Å². The summed E-state index contributed by atoms with van der Waals surface area (Å²) in [6, 6.07) is 19.6. The molecule has 7 heteroatoms. The highest BCUT2D eigenvalue weighted by Crippen LogP contribution is 2.31. The highest BCUT2D eigenvalue weighted by molar-refractivity contribution is 6.31. The van der Waals surface area contributed by atoms with E-state index in [0.717, 1.165) is 44.3 Å². The van der Waals surface area contributed by atoms with Gasteiger partial charge in [-0.2, -0.15) is 0 Å². The minimum atomic E-state index is 0.617. The van der Waals surface area contributed by atoms with E-state index in [2.05, 4.69) is 32.1 Å². The fourth-order valence-electron chi connectivity index (χ4n) is 3.89. The number of pyridine rings is 2. The van der Waals surface area contributed by atoms with E-state index in [4.69, 9.17) is 27.9 Å². The van der Waals surface area contributed by atoms with E-state index < -0.39 is 0 Å². The quantitative estimate of drug-likeness (QED) is 0.275. The van der Waals surface area contributed by atoms with Crippen molar-refractivity contribution in [2.24, 2.45) is 0 Å². The predicted octanol–water partition coefficient (Wildman–Crippen LogP) is 7.87. The molecule has 0 aliphatic rings. The van der Waals surface area contributed by atoms with E-state index in [9.17, 15) is 0 Å². The summed E-state index contributed by atoms with van der Waals surface area (Å²) >= 11 is 12.2. The van der Waals surface area contributed by atoms with E-state index in [1.807, 2.05) is 48.5 Å². The molecular formula is C26H16Cl2N4O. The maximum absolute atomic E-state index is 6.11. The van der Waals surface area contributed by atoms with Gasteiger partial charge in [0.1, 0.15) is 11.5 Å². The standard InChI is InChI=1S/C26H16Cl2N4O/c27-19-3-1-15-7-23(31-25(15)9-19)17-5-21(13-29-11-17)33-22-6-18(12-30-14-22)24-8-16-2-4-20(28)10-26(16)32-24/h1-14,31-32H. The summed E-state index contributed by atoms with van der Waals surface area (Å²) in [6.07, 6.45) is 6.95. The summed E-state index contributed by atoms with van der Waals surface area (Å²) < 4.78 is 6.09. The van der Waals surface area contributed by atoms with Gasteiger partial charge in [-0.1, -0.05) is 35.3 Å². The van der Waals surface area contributed by atoms with E-state index in [1.165, 1.54) is 0 Å². The second-order valence-corrected chi connectivity index (χ2v) is 8.62. The zero-order valence-corrected chi connectivity index (χ0v) is 18.7. The molecule has 4 heterocycles.